The Morgan fingerprint density at radius 3 is 2.47 bits per heavy atom. The van der Waals surface area contributed by atoms with Crippen LogP contribution in [0.1, 0.15) is 44.4 Å². The van der Waals surface area contributed by atoms with E-state index >= 15 is 0 Å². The lowest BCUT2D eigenvalue weighted by molar-refractivity contribution is -0.139. The SMILES string of the molecule is CCOC(C)(CC)C(N)c1cnccc1C(F)(F)F. The average molecular weight is 276 g/mol. The number of nitrogens with two attached hydrogens (primary N) is 1. The first-order valence-corrected chi connectivity index (χ1v) is 6.17. The Bertz CT molecular complexity index is 423. The van der Waals surface area contributed by atoms with Crippen molar-refractivity contribution in [3.8, 4) is 0 Å². The predicted molar refractivity (Wildman–Crippen MR) is 66.5 cm³/mol. The van der Waals surface area contributed by atoms with Crippen molar-refractivity contribution in [1.29, 1.82) is 0 Å². The highest BCUT2D eigenvalue weighted by molar-refractivity contribution is 5.31. The topological polar surface area (TPSA) is 48.1 Å². The van der Waals surface area contributed by atoms with Crippen LogP contribution in [0.5, 0.6) is 0 Å². The van der Waals surface area contributed by atoms with E-state index in [0.29, 0.717) is 13.0 Å². The lowest BCUT2D eigenvalue weighted by Crippen LogP contribution is -2.41. The summed E-state index contributed by atoms with van der Waals surface area (Å²) in [7, 11) is 0. The van der Waals surface area contributed by atoms with E-state index in [1.807, 2.05) is 6.92 Å². The maximum atomic E-state index is 13.0. The molecule has 2 N–H and O–H groups in total. The van der Waals surface area contributed by atoms with Crippen LogP contribution < -0.4 is 5.73 Å². The minimum absolute atomic E-state index is 0.0344. The van der Waals surface area contributed by atoms with Gasteiger partial charge in [0.25, 0.3) is 0 Å². The van der Waals surface area contributed by atoms with Gasteiger partial charge in [0.05, 0.1) is 17.2 Å². The molecule has 0 aromatic carbocycles. The lowest BCUT2D eigenvalue weighted by atomic mass is 9.87. The van der Waals surface area contributed by atoms with Gasteiger partial charge in [-0.15, -0.1) is 0 Å². The fourth-order valence-corrected chi connectivity index (χ4v) is 1.98. The van der Waals surface area contributed by atoms with Crippen molar-refractivity contribution in [3.05, 3.63) is 29.6 Å². The molecule has 0 fully saturated rings. The van der Waals surface area contributed by atoms with Gasteiger partial charge in [-0.25, -0.2) is 0 Å². The van der Waals surface area contributed by atoms with Crippen molar-refractivity contribution >= 4 is 0 Å². The zero-order valence-corrected chi connectivity index (χ0v) is 11.3. The van der Waals surface area contributed by atoms with E-state index in [1.54, 1.807) is 13.8 Å². The van der Waals surface area contributed by atoms with Crippen LogP contribution in [0.25, 0.3) is 0 Å². The fourth-order valence-electron chi connectivity index (χ4n) is 1.98. The second-order valence-corrected chi connectivity index (χ2v) is 4.54. The maximum Gasteiger partial charge on any atom is 0.416 e. The third-order valence-electron chi connectivity index (χ3n) is 3.33. The third-order valence-corrected chi connectivity index (χ3v) is 3.33. The van der Waals surface area contributed by atoms with E-state index in [2.05, 4.69) is 4.98 Å². The van der Waals surface area contributed by atoms with Crippen LogP contribution in [0.4, 0.5) is 13.2 Å². The molecule has 1 aromatic heterocycles. The fraction of sp³-hybridized carbons (Fsp3) is 0.615. The van der Waals surface area contributed by atoms with E-state index in [9.17, 15) is 13.2 Å². The van der Waals surface area contributed by atoms with E-state index in [0.717, 1.165) is 12.3 Å². The summed E-state index contributed by atoms with van der Waals surface area (Å²) in [6.45, 7) is 5.72. The largest absolute Gasteiger partial charge is 0.416 e. The van der Waals surface area contributed by atoms with Crippen LogP contribution in [0.15, 0.2) is 18.5 Å². The molecule has 0 aliphatic heterocycles. The number of ether oxygens (including phenoxy) is 1. The van der Waals surface area contributed by atoms with Crippen LogP contribution in [0.2, 0.25) is 0 Å². The molecule has 0 spiro atoms. The molecule has 0 aliphatic rings. The highest BCUT2D eigenvalue weighted by atomic mass is 19.4. The van der Waals surface area contributed by atoms with Gasteiger partial charge in [-0.3, -0.25) is 4.98 Å². The Morgan fingerprint density at radius 2 is 2.00 bits per heavy atom. The second kappa shape index (κ2) is 5.88. The lowest BCUT2D eigenvalue weighted by Gasteiger charge is -2.35. The highest BCUT2D eigenvalue weighted by Gasteiger charge is 2.39. The first kappa shape index (κ1) is 15.9. The van der Waals surface area contributed by atoms with Gasteiger partial charge in [0, 0.05) is 24.6 Å². The summed E-state index contributed by atoms with van der Waals surface area (Å²) in [5.41, 5.74) is 4.36. The van der Waals surface area contributed by atoms with Crippen molar-refractivity contribution in [2.24, 2.45) is 5.73 Å². The van der Waals surface area contributed by atoms with Gasteiger partial charge in [0.1, 0.15) is 0 Å². The number of rotatable bonds is 5. The van der Waals surface area contributed by atoms with Crippen molar-refractivity contribution in [2.45, 2.75) is 45.0 Å². The van der Waals surface area contributed by atoms with Crippen LogP contribution >= 0.6 is 0 Å². The molecule has 1 aromatic rings. The molecule has 0 radical (unpaired) electrons. The van der Waals surface area contributed by atoms with Crippen LogP contribution in [0, 0.1) is 0 Å². The summed E-state index contributed by atoms with van der Waals surface area (Å²) >= 11 is 0. The van der Waals surface area contributed by atoms with Gasteiger partial charge in [-0.2, -0.15) is 13.2 Å². The molecule has 2 atom stereocenters. The zero-order valence-electron chi connectivity index (χ0n) is 11.3. The molecule has 3 nitrogen and oxygen atoms in total. The number of halogens is 3. The van der Waals surface area contributed by atoms with E-state index in [-0.39, 0.29) is 5.56 Å². The minimum Gasteiger partial charge on any atom is -0.374 e. The Hall–Kier alpha value is -1.14. The Kier molecular flexibility index (Phi) is 4.92. The molecule has 2 unspecified atom stereocenters. The first-order valence-electron chi connectivity index (χ1n) is 6.17. The van der Waals surface area contributed by atoms with Crippen LogP contribution in [-0.4, -0.2) is 17.2 Å². The molecule has 0 bridgehead atoms. The summed E-state index contributed by atoms with van der Waals surface area (Å²) < 4.78 is 44.4. The minimum atomic E-state index is -4.45. The molecule has 0 saturated carbocycles. The summed E-state index contributed by atoms with van der Waals surface area (Å²) in [5.74, 6) is 0. The van der Waals surface area contributed by atoms with Gasteiger partial charge in [0.2, 0.25) is 0 Å². The van der Waals surface area contributed by atoms with Gasteiger partial charge in [0.15, 0.2) is 0 Å². The van der Waals surface area contributed by atoms with Crippen LogP contribution in [0.3, 0.4) is 0 Å². The normalized spacial score (nSPS) is 17.0. The number of pyridine rings is 1. The van der Waals surface area contributed by atoms with Crippen LogP contribution in [-0.2, 0) is 10.9 Å². The number of hydrogen-bond acceptors (Lipinski definition) is 3. The zero-order chi connectivity index (χ0) is 14.7. The number of aromatic nitrogens is 1. The van der Waals surface area contributed by atoms with Crippen molar-refractivity contribution in [2.75, 3.05) is 6.61 Å². The maximum absolute atomic E-state index is 13.0. The van der Waals surface area contributed by atoms with Gasteiger partial charge >= 0.3 is 6.18 Å². The molecule has 6 heteroatoms. The molecule has 1 rings (SSSR count). The molecule has 19 heavy (non-hydrogen) atoms. The number of hydrogen-bond donors (Lipinski definition) is 1. The molecule has 0 saturated heterocycles. The van der Waals surface area contributed by atoms with Crippen molar-refractivity contribution < 1.29 is 17.9 Å². The van der Waals surface area contributed by atoms with Gasteiger partial charge in [-0.1, -0.05) is 6.92 Å². The number of nitrogens with zero attached hydrogens (tertiary/aromatic N) is 1. The van der Waals surface area contributed by atoms with E-state index < -0.39 is 23.4 Å². The number of alkyl halides is 3. The molecule has 0 aliphatic carbocycles. The Balaban J connectivity index is 3.22. The molecular weight excluding hydrogens is 257 g/mol. The molecule has 0 amide bonds. The second-order valence-electron chi connectivity index (χ2n) is 4.54. The molecular formula is C13H19F3N2O. The molecule has 108 valence electrons. The van der Waals surface area contributed by atoms with Crippen molar-refractivity contribution in [1.82, 2.24) is 4.98 Å². The predicted octanol–water partition coefficient (Wildman–Crippen LogP) is 3.31. The summed E-state index contributed by atoms with van der Waals surface area (Å²) in [6, 6.07) is 0.0554. The smallest absolute Gasteiger partial charge is 0.374 e. The molecule has 1 heterocycles. The van der Waals surface area contributed by atoms with Gasteiger partial charge < -0.3 is 10.5 Å². The average Bonchev–Trinajstić information content (AvgIpc) is 2.37. The van der Waals surface area contributed by atoms with Crippen molar-refractivity contribution in [3.63, 3.8) is 0 Å². The third kappa shape index (κ3) is 3.45. The Labute approximate surface area is 111 Å². The quantitative estimate of drug-likeness (QED) is 0.897. The highest BCUT2D eigenvalue weighted by Crippen LogP contribution is 2.38. The standard InChI is InChI=1S/C13H19F3N2O/c1-4-12(3,19-5-2)11(17)9-8-18-7-6-10(9)13(14,15)16/h6-8,11H,4-5,17H2,1-3H3. The first-order chi connectivity index (χ1) is 8.76. The van der Waals surface area contributed by atoms with Gasteiger partial charge in [-0.05, 0) is 26.3 Å². The monoisotopic (exact) mass is 276 g/mol. The Morgan fingerprint density at radius 1 is 1.37 bits per heavy atom. The summed E-state index contributed by atoms with van der Waals surface area (Å²) in [5, 5.41) is 0. The summed E-state index contributed by atoms with van der Waals surface area (Å²) in [4.78, 5) is 3.75. The van der Waals surface area contributed by atoms with E-state index in [4.69, 9.17) is 10.5 Å². The van der Waals surface area contributed by atoms with E-state index in [1.165, 1.54) is 6.20 Å². The summed E-state index contributed by atoms with van der Waals surface area (Å²) in [6.07, 6.45) is -1.66.